The van der Waals surface area contributed by atoms with Crippen LogP contribution in [0, 0.1) is 10.1 Å². The topological polar surface area (TPSA) is 120 Å². The first-order valence-electron chi connectivity index (χ1n) is 3.42. The minimum Gasteiger partial charge on any atom is -0.358 e. The Kier molecular flexibility index (Phi) is 2.88. The van der Waals surface area contributed by atoms with Crippen LogP contribution >= 0.6 is 0 Å². The predicted molar refractivity (Wildman–Crippen MR) is 46.2 cm³/mol. The largest absolute Gasteiger partial charge is 0.363 e. The Morgan fingerprint density at radius 2 is 2.13 bits per heavy atom. The maximum Gasteiger partial charge on any atom is 0.363 e. The monoisotopic (exact) mass is 229 g/mol. The van der Waals surface area contributed by atoms with Gasteiger partial charge >= 0.3 is 5.82 Å². The van der Waals surface area contributed by atoms with Gasteiger partial charge in [-0.3, -0.25) is 0 Å². The molecular formula is C6H3N3O5S. The number of rotatable bonds is 3. The van der Waals surface area contributed by atoms with E-state index < -0.39 is 25.7 Å². The lowest BCUT2D eigenvalue weighted by Crippen LogP contribution is -1.98. The second-order valence-corrected chi connectivity index (χ2v) is 3.87. The molecule has 0 atom stereocenters. The van der Waals surface area contributed by atoms with E-state index in [4.69, 9.17) is 0 Å². The molecule has 1 rings (SSSR count). The summed E-state index contributed by atoms with van der Waals surface area (Å²) in [5, 5.41) is 10.2. The van der Waals surface area contributed by atoms with Gasteiger partial charge in [0, 0.05) is 6.07 Å². The Morgan fingerprint density at radius 1 is 1.47 bits per heavy atom. The number of pyridine rings is 1. The summed E-state index contributed by atoms with van der Waals surface area (Å²) < 4.78 is 24.7. The van der Waals surface area contributed by atoms with Crippen LogP contribution in [-0.4, -0.2) is 24.4 Å². The number of carbonyl (C=O) groups excluding carboxylic acids is 1. The van der Waals surface area contributed by atoms with Crippen LogP contribution in [0.1, 0.15) is 0 Å². The molecule has 0 amide bonds. The van der Waals surface area contributed by atoms with E-state index in [1.165, 1.54) is 0 Å². The first kappa shape index (κ1) is 11.0. The number of hydrogen-bond acceptors (Lipinski definition) is 6. The van der Waals surface area contributed by atoms with E-state index in [2.05, 4.69) is 9.38 Å². The lowest BCUT2D eigenvalue weighted by atomic mass is 10.5. The van der Waals surface area contributed by atoms with E-state index in [-0.39, 0.29) is 0 Å². The van der Waals surface area contributed by atoms with Crippen LogP contribution < -0.4 is 0 Å². The van der Waals surface area contributed by atoms with Crippen molar-refractivity contribution in [3.63, 3.8) is 0 Å². The Labute approximate surface area is 83.5 Å². The van der Waals surface area contributed by atoms with Gasteiger partial charge in [0.25, 0.3) is 16.1 Å². The third-order valence-electron chi connectivity index (χ3n) is 1.36. The fourth-order valence-corrected chi connectivity index (χ4v) is 1.36. The van der Waals surface area contributed by atoms with Crippen LogP contribution in [0.25, 0.3) is 0 Å². The molecule has 78 valence electrons. The molecule has 9 heteroatoms. The predicted octanol–water partition coefficient (Wildman–Crippen LogP) is 0.0143. The van der Waals surface area contributed by atoms with E-state index in [9.17, 15) is 23.3 Å². The first-order chi connectivity index (χ1) is 6.97. The number of isocyanates is 1. The van der Waals surface area contributed by atoms with Crippen molar-refractivity contribution in [3.05, 3.63) is 28.4 Å². The van der Waals surface area contributed by atoms with Gasteiger partial charge < -0.3 is 10.1 Å². The van der Waals surface area contributed by atoms with Crippen molar-refractivity contribution in [2.45, 2.75) is 4.90 Å². The third kappa shape index (κ3) is 2.42. The van der Waals surface area contributed by atoms with Gasteiger partial charge in [0.2, 0.25) is 0 Å². The first-order valence-corrected chi connectivity index (χ1v) is 4.86. The number of nitro groups is 1. The van der Waals surface area contributed by atoms with Crippen molar-refractivity contribution in [2.75, 3.05) is 0 Å². The molecule has 0 aliphatic carbocycles. The molecule has 0 aliphatic heterocycles. The van der Waals surface area contributed by atoms with E-state index in [1.807, 2.05) is 0 Å². The van der Waals surface area contributed by atoms with Crippen molar-refractivity contribution in [2.24, 2.45) is 4.40 Å². The van der Waals surface area contributed by atoms with Gasteiger partial charge in [0.1, 0.15) is 4.90 Å². The van der Waals surface area contributed by atoms with E-state index in [1.54, 1.807) is 0 Å². The Hall–Kier alpha value is -2.12. The van der Waals surface area contributed by atoms with Crippen molar-refractivity contribution < 1.29 is 18.1 Å². The molecule has 1 aromatic rings. The summed E-state index contributed by atoms with van der Waals surface area (Å²) in [5.41, 5.74) is 0. The lowest BCUT2D eigenvalue weighted by Gasteiger charge is -1.93. The molecule has 0 N–H and O–H groups in total. The Morgan fingerprint density at radius 3 is 2.53 bits per heavy atom. The molecule has 1 heterocycles. The highest BCUT2D eigenvalue weighted by Gasteiger charge is 2.16. The van der Waals surface area contributed by atoms with Gasteiger partial charge in [-0.15, -0.1) is 0 Å². The standard InChI is InChI=1S/C6H3N3O5S/c10-4-8-15(13,14)5-1-2-6(7-3-5)9(11)12/h1-3H. The molecule has 0 bridgehead atoms. The zero-order valence-corrected chi connectivity index (χ0v) is 7.84. The van der Waals surface area contributed by atoms with Gasteiger partial charge in [-0.1, -0.05) is 4.40 Å². The highest BCUT2D eigenvalue weighted by Crippen LogP contribution is 2.13. The summed E-state index contributed by atoms with van der Waals surface area (Å²) >= 11 is 0. The zero-order valence-electron chi connectivity index (χ0n) is 7.02. The molecule has 0 radical (unpaired) electrons. The third-order valence-corrected chi connectivity index (χ3v) is 2.52. The van der Waals surface area contributed by atoms with Crippen LogP contribution in [-0.2, 0) is 14.8 Å². The summed E-state index contributed by atoms with van der Waals surface area (Å²) in [6, 6.07) is 1.83. The molecule has 0 fully saturated rings. The molecule has 0 aliphatic rings. The smallest absolute Gasteiger partial charge is 0.358 e. The summed E-state index contributed by atoms with van der Waals surface area (Å²) in [6.45, 7) is 0. The van der Waals surface area contributed by atoms with Crippen molar-refractivity contribution >= 4 is 21.9 Å². The van der Waals surface area contributed by atoms with Gasteiger partial charge in [-0.25, -0.2) is 4.79 Å². The number of sulfonamides is 1. The second-order valence-electron chi connectivity index (χ2n) is 2.27. The number of nitrogens with zero attached hydrogens (tertiary/aromatic N) is 3. The number of aromatic nitrogens is 1. The fraction of sp³-hybridized carbons (Fsp3) is 0. The highest BCUT2D eigenvalue weighted by atomic mass is 32.2. The molecule has 1 aromatic heterocycles. The van der Waals surface area contributed by atoms with Gasteiger partial charge in [-0.2, -0.15) is 8.42 Å². The lowest BCUT2D eigenvalue weighted by molar-refractivity contribution is -0.389. The van der Waals surface area contributed by atoms with E-state index >= 15 is 0 Å². The van der Waals surface area contributed by atoms with E-state index in [0.717, 1.165) is 24.4 Å². The molecule has 0 saturated heterocycles. The summed E-state index contributed by atoms with van der Waals surface area (Å²) in [4.78, 5) is 22.0. The minimum atomic E-state index is -4.14. The Bertz CT molecular complexity index is 528. The average molecular weight is 229 g/mol. The molecule has 0 unspecified atom stereocenters. The SMILES string of the molecule is O=C=NS(=O)(=O)c1ccc([N+](=O)[O-])nc1. The van der Waals surface area contributed by atoms with Crippen LogP contribution in [0.3, 0.4) is 0 Å². The van der Waals surface area contributed by atoms with E-state index in [0.29, 0.717) is 0 Å². The van der Waals surface area contributed by atoms with Crippen molar-refractivity contribution in [1.82, 2.24) is 4.98 Å². The average Bonchev–Trinajstić information content (AvgIpc) is 2.18. The maximum atomic E-state index is 11.1. The quantitative estimate of drug-likeness (QED) is 0.311. The molecule has 8 nitrogen and oxygen atoms in total. The fourth-order valence-electron chi connectivity index (χ4n) is 0.735. The maximum absolute atomic E-state index is 11.1. The molecule has 0 spiro atoms. The number of hydrogen-bond donors (Lipinski definition) is 0. The molecular weight excluding hydrogens is 226 g/mol. The van der Waals surface area contributed by atoms with Crippen LogP contribution in [0.5, 0.6) is 0 Å². The minimum absolute atomic E-state index is 0.406. The molecule has 0 aromatic carbocycles. The Balaban J connectivity index is 3.21. The summed E-state index contributed by atoms with van der Waals surface area (Å²) in [6.07, 6.45) is 1.61. The normalized spacial score (nSPS) is 10.4. The van der Waals surface area contributed by atoms with Crippen molar-refractivity contribution in [1.29, 1.82) is 0 Å². The summed E-state index contributed by atoms with van der Waals surface area (Å²) in [7, 11) is -4.14. The van der Waals surface area contributed by atoms with Crippen LogP contribution in [0.4, 0.5) is 5.82 Å². The summed E-state index contributed by atoms with van der Waals surface area (Å²) in [5.74, 6) is -0.496. The second kappa shape index (κ2) is 3.95. The van der Waals surface area contributed by atoms with Gasteiger partial charge in [0.05, 0.1) is 0 Å². The van der Waals surface area contributed by atoms with Crippen LogP contribution in [0.15, 0.2) is 27.6 Å². The van der Waals surface area contributed by atoms with Gasteiger partial charge in [-0.05, 0) is 16.0 Å². The molecule has 15 heavy (non-hydrogen) atoms. The zero-order chi connectivity index (χ0) is 11.5. The van der Waals surface area contributed by atoms with Gasteiger partial charge in [0.15, 0.2) is 6.20 Å². The highest BCUT2D eigenvalue weighted by molar-refractivity contribution is 7.90. The van der Waals surface area contributed by atoms with Crippen molar-refractivity contribution in [3.8, 4) is 0 Å². The van der Waals surface area contributed by atoms with Crippen LogP contribution in [0.2, 0.25) is 0 Å². The molecule has 0 saturated carbocycles.